The lowest BCUT2D eigenvalue weighted by Crippen LogP contribution is -2.54. The van der Waals surface area contributed by atoms with Crippen LogP contribution in [0.25, 0.3) is 0 Å². The molecule has 6 heteroatoms. The molecule has 0 bridgehead atoms. The molecule has 2 atom stereocenters. The van der Waals surface area contributed by atoms with Crippen LogP contribution in [0.4, 0.5) is 0 Å². The van der Waals surface area contributed by atoms with Gasteiger partial charge in [0.15, 0.2) is 0 Å². The Balaban J connectivity index is 2.66. The summed E-state index contributed by atoms with van der Waals surface area (Å²) in [5.74, 6) is -1.65. The van der Waals surface area contributed by atoms with E-state index in [4.69, 9.17) is 5.11 Å². The highest BCUT2D eigenvalue weighted by Gasteiger charge is 2.35. The molecule has 1 fully saturated rings. The number of hydrogen-bond donors (Lipinski definition) is 2. The number of carbonyl (C=O) groups excluding carboxylic acids is 2. The number of aliphatic carboxylic acids is 1. The Morgan fingerprint density at radius 2 is 2.00 bits per heavy atom. The number of amides is 2. The van der Waals surface area contributed by atoms with Crippen molar-refractivity contribution in [2.45, 2.75) is 52.5 Å². The van der Waals surface area contributed by atoms with Crippen LogP contribution in [-0.4, -0.2) is 46.4 Å². The van der Waals surface area contributed by atoms with Crippen LogP contribution in [0.15, 0.2) is 0 Å². The van der Waals surface area contributed by atoms with Crippen LogP contribution < -0.4 is 5.32 Å². The van der Waals surface area contributed by atoms with Crippen LogP contribution in [-0.2, 0) is 14.4 Å². The second-order valence-corrected chi connectivity index (χ2v) is 6.35. The van der Waals surface area contributed by atoms with E-state index in [1.165, 1.54) is 13.8 Å². The van der Waals surface area contributed by atoms with Crippen LogP contribution in [0.1, 0.15) is 47.0 Å². The fraction of sp³-hybridized carbons (Fsp3) is 0.800. The third kappa shape index (κ3) is 4.44. The first-order valence-corrected chi connectivity index (χ1v) is 7.53. The summed E-state index contributed by atoms with van der Waals surface area (Å²) < 4.78 is 0. The molecule has 1 aliphatic rings. The quantitative estimate of drug-likeness (QED) is 0.799. The highest BCUT2D eigenvalue weighted by atomic mass is 16.4. The van der Waals surface area contributed by atoms with Gasteiger partial charge in [0.1, 0.15) is 5.54 Å². The smallest absolute Gasteiger partial charge is 0.328 e. The van der Waals surface area contributed by atoms with Gasteiger partial charge in [-0.05, 0) is 33.1 Å². The zero-order valence-corrected chi connectivity index (χ0v) is 13.3. The van der Waals surface area contributed by atoms with Crippen molar-refractivity contribution in [3.8, 4) is 0 Å². The number of nitrogens with zero attached hydrogens (tertiary/aromatic N) is 1. The standard InChI is InChI=1S/C15H26N2O4/c1-5-10(2)13(19)17-8-6-7-11(9-17)12(18)16-15(3,4)14(20)21/h10-11H,5-9H2,1-4H3,(H,16,18)(H,20,21). The van der Waals surface area contributed by atoms with E-state index in [-0.39, 0.29) is 23.7 Å². The maximum absolute atomic E-state index is 12.2. The minimum absolute atomic E-state index is 0.0396. The fourth-order valence-electron chi connectivity index (χ4n) is 2.34. The molecule has 0 aliphatic carbocycles. The normalized spacial score (nSPS) is 20.8. The molecule has 0 aromatic rings. The Morgan fingerprint density at radius 3 is 2.52 bits per heavy atom. The maximum atomic E-state index is 12.2. The van der Waals surface area contributed by atoms with Crippen LogP contribution in [0.2, 0.25) is 0 Å². The van der Waals surface area contributed by atoms with Crippen LogP contribution >= 0.6 is 0 Å². The van der Waals surface area contributed by atoms with E-state index in [0.717, 1.165) is 12.8 Å². The molecule has 1 aliphatic heterocycles. The molecule has 0 spiro atoms. The highest BCUT2D eigenvalue weighted by molar-refractivity contribution is 5.88. The molecule has 0 saturated carbocycles. The summed E-state index contributed by atoms with van der Waals surface area (Å²) in [4.78, 5) is 37.2. The zero-order valence-electron chi connectivity index (χ0n) is 13.3. The van der Waals surface area contributed by atoms with Crippen molar-refractivity contribution in [3.05, 3.63) is 0 Å². The van der Waals surface area contributed by atoms with Crippen molar-refractivity contribution in [2.75, 3.05) is 13.1 Å². The summed E-state index contributed by atoms with van der Waals surface area (Å²) >= 11 is 0. The topological polar surface area (TPSA) is 86.7 Å². The van der Waals surface area contributed by atoms with Crippen LogP contribution in [0.5, 0.6) is 0 Å². The summed E-state index contributed by atoms with van der Waals surface area (Å²) in [5.41, 5.74) is -1.29. The Hall–Kier alpha value is -1.59. The number of piperidine rings is 1. The van der Waals surface area contributed by atoms with Crippen molar-refractivity contribution in [2.24, 2.45) is 11.8 Å². The average molecular weight is 298 g/mol. The molecular weight excluding hydrogens is 272 g/mol. The number of carboxylic acid groups (broad SMARTS) is 1. The van der Waals surface area contributed by atoms with E-state index in [2.05, 4.69) is 5.32 Å². The van der Waals surface area contributed by atoms with Crippen molar-refractivity contribution < 1.29 is 19.5 Å². The monoisotopic (exact) mass is 298 g/mol. The van der Waals surface area contributed by atoms with Gasteiger partial charge < -0.3 is 15.3 Å². The van der Waals surface area contributed by atoms with Gasteiger partial charge in [-0.2, -0.15) is 0 Å². The molecule has 2 amide bonds. The van der Waals surface area contributed by atoms with Gasteiger partial charge in [0, 0.05) is 19.0 Å². The van der Waals surface area contributed by atoms with E-state index in [1.807, 2.05) is 13.8 Å². The van der Waals surface area contributed by atoms with Crippen LogP contribution in [0.3, 0.4) is 0 Å². The summed E-state index contributed by atoms with van der Waals surface area (Å²) in [6.07, 6.45) is 2.23. The van der Waals surface area contributed by atoms with Gasteiger partial charge >= 0.3 is 5.97 Å². The number of hydrogen-bond acceptors (Lipinski definition) is 3. The molecular formula is C15H26N2O4. The molecule has 1 saturated heterocycles. The SMILES string of the molecule is CCC(C)C(=O)N1CCCC(C(=O)NC(C)(C)C(=O)O)C1. The zero-order chi connectivity index (χ0) is 16.2. The largest absolute Gasteiger partial charge is 0.480 e. The lowest BCUT2D eigenvalue weighted by Gasteiger charge is -2.34. The molecule has 1 rings (SSSR count). The Kier molecular flexibility index (Phi) is 5.75. The molecule has 2 unspecified atom stereocenters. The molecule has 0 aromatic carbocycles. The number of carboxylic acids is 1. The molecule has 21 heavy (non-hydrogen) atoms. The summed E-state index contributed by atoms with van der Waals surface area (Å²) in [5, 5.41) is 11.6. The molecule has 120 valence electrons. The average Bonchev–Trinajstić information content (AvgIpc) is 2.45. The summed E-state index contributed by atoms with van der Waals surface area (Å²) in [6.45, 7) is 7.82. The van der Waals surface area contributed by atoms with Gasteiger partial charge in [-0.15, -0.1) is 0 Å². The minimum Gasteiger partial charge on any atom is -0.480 e. The van der Waals surface area contributed by atoms with Gasteiger partial charge in [0.25, 0.3) is 0 Å². The lowest BCUT2D eigenvalue weighted by molar-refractivity contribution is -0.148. The Labute approximate surface area is 125 Å². The highest BCUT2D eigenvalue weighted by Crippen LogP contribution is 2.20. The summed E-state index contributed by atoms with van der Waals surface area (Å²) in [6, 6.07) is 0. The second-order valence-electron chi connectivity index (χ2n) is 6.35. The maximum Gasteiger partial charge on any atom is 0.328 e. The second kappa shape index (κ2) is 6.91. The van der Waals surface area contributed by atoms with E-state index >= 15 is 0 Å². The van der Waals surface area contributed by atoms with Crippen molar-refractivity contribution in [1.29, 1.82) is 0 Å². The number of carbonyl (C=O) groups is 3. The lowest BCUT2D eigenvalue weighted by atomic mass is 9.94. The first kappa shape index (κ1) is 17.5. The van der Waals surface area contributed by atoms with Gasteiger partial charge in [-0.25, -0.2) is 4.79 Å². The van der Waals surface area contributed by atoms with E-state index in [9.17, 15) is 14.4 Å². The van der Waals surface area contributed by atoms with Crippen LogP contribution in [0, 0.1) is 11.8 Å². The third-order valence-corrected chi connectivity index (χ3v) is 4.11. The van der Waals surface area contributed by atoms with Crippen molar-refractivity contribution >= 4 is 17.8 Å². The first-order chi connectivity index (χ1) is 9.69. The van der Waals surface area contributed by atoms with Gasteiger partial charge in [-0.3, -0.25) is 9.59 Å². The first-order valence-electron chi connectivity index (χ1n) is 7.53. The van der Waals surface area contributed by atoms with Gasteiger partial charge in [0.2, 0.25) is 11.8 Å². The van der Waals surface area contributed by atoms with E-state index in [0.29, 0.717) is 19.5 Å². The van der Waals surface area contributed by atoms with Gasteiger partial charge in [-0.1, -0.05) is 13.8 Å². The fourth-order valence-corrected chi connectivity index (χ4v) is 2.34. The Bertz CT molecular complexity index is 420. The third-order valence-electron chi connectivity index (χ3n) is 4.11. The van der Waals surface area contributed by atoms with E-state index < -0.39 is 11.5 Å². The summed E-state index contributed by atoms with van der Waals surface area (Å²) in [7, 11) is 0. The molecule has 2 N–H and O–H groups in total. The molecule has 1 heterocycles. The van der Waals surface area contributed by atoms with Gasteiger partial charge in [0.05, 0.1) is 5.92 Å². The number of likely N-dealkylation sites (tertiary alicyclic amines) is 1. The molecule has 6 nitrogen and oxygen atoms in total. The number of nitrogens with one attached hydrogen (secondary N) is 1. The minimum atomic E-state index is -1.29. The van der Waals surface area contributed by atoms with E-state index in [1.54, 1.807) is 4.90 Å². The van der Waals surface area contributed by atoms with Crippen molar-refractivity contribution in [3.63, 3.8) is 0 Å². The number of rotatable bonds is 5. The molecule has 0 aromatic heterocycles. The molecule has 0 radical (unpaired) electrons. The predicted molar refractivity (Wildman–Crippen MR) is 78.6 cm³/mol. The Morgan fingerprint density at radius 1 is 1.38 bits per heavy atom. The van der Waals surface area contributed by atoms with Crippen molar-refractivity contribution in [1.82, 2.24) is 10.2 Å². The predicted octanol–water partition coefficient (Wildman–Crippen LogP) is 1.25.